The molecule has 0 heterocycles. The van der Waals surface area contributed by atoms with Crippen LogP contribution in [0.3, 0.4) is 0 Å². The first kappa shape index (κ1) is 10.6. The topological polar surface area (TPSA) is 29.1 Å². The molecular formula is C9H12FNO. The zero-order chi connectivity index (χ0) is 9.56. The summed E-state index contributed by atoms with van der Waals surface area (Å²) in [4.78, 5) is 10.9. The largest absolute Gasteiger partial charge is 0.355 e. The van der Waals surface area contributed by atoms with Crippen LogP contribution in [0.4, 0.5) is 4.39 Å². The molecular weight excluding hydrogens is 157 g/mol. The second-order valence-corrected chi connectivity index (χ2v) is 2.09. The number of carbonyl (C=O) groups is 1. The minimum absolute atomic E-state index is 0.0457. The van der Waals surface area contributed by atoms with Gasteiger partial charge in [-0.25, -0.2) is 4.39 Å². The Hall–Kier alpha value is -1.38. The Morgan fingerprint density at radius 1 is 1.58 bits per heavy atom. The van der Waals surface area contributed by atoms with Gasteiger partial charge in [0.2, 0.25) is 0 Å². The lowest BCUT2D eigenvalue weighted by Crippen LogP contribution is -2.20. The molecule has 0 aliphatic heterocycles. The molecule has 0 radical (unpaired) electrons. The molecule has 0 atom stereocenters. The number of allylic oxidation sites excluding steroid dienone is 3. The van der Waals surface area contributed by atoms with E-state index < -0.39 is 11.7 Å². The van der Waals surface area contributed by atoms with Gasteiger partial charge in [0.25, 0.3) is 5.91 Å². The van der Waals surface area contributed by atoms with E-state index in [2.05, 4.69) is 11.9 Å². The number of halogens is 1. The SMILES string of the molecule is C=C(F)/C(=C\C=C/C)C(=O)NC. The van der Waals surface area contributed by atoms with E-state index in [1.807, 2.05) is 0 Å². The quantitative estimate of drug-likeness (QED) is 0.505. The van der Waals surface area contributed by atoms with Gasteiger partial charge in [-0.05, 0) is 13.0 Å². The van der Waals surface area contributed by atoms with Crippen LogP contribution in [0, 0.1) is 0 Å². The molecule has 0 unspecified atom stereocenters. The molecule has 0 bridgehead atoms. The third-order valence-corrected chi connectivity index (χ3v) is 1.22. The minimum atomic E-state index is -0.729. The van der Waals surface area contributed by atoms with E-state index in [0.29, 0.717) is 0 Å². The Labute approximate surface area is 71.5 Å². The molecule has 66 valence electrons. The molecule has 0 aliphatic rings. The number of amides is 1. The minimum Gasteiger partial charge on any atom is -0.355 e. The van der Waals surface area contributed by atoms with Crippen molar-refractivity contribution in [1.82, 2.24) is 5.32 Å². The lowest BCUT2D eigenvalue weighted by molar-refractivity contribution is -0.116. The smallest absolute Gasteiger partial charge is 0.253 e. The number of carbonyl (C=O) groups excluding carboxylic acids is 1. The van der Waals surface area contributed by atoms with Crippen molar-refractivity contribution in [2.45, 2.75) is 6.92 Å². The summed E-state index contributed by atoms with van der Waals surface area (Å²) in [7, 11) is 1.44. The molecule has 0 aromatic carbocycles. The zero-order valence-electron chi connectivity index (χ0n) is 7.23. The lowest BCUT2D eigenvalue weighted by Gasteiger charge is -1.99. The Balaban J connectivity index is 4.66. The van der Waals surface area contributed by atoms with Gasteiger partial charge in [-0.2, -0.15) is 0 Å². The van der Waals surface area contributed by atoms with Crippen LogP contribution in [0.5, 0.6) is 0 Å². The van der Waals surface area contributed by atoms with E-state index in [9.17, 15) is 9.18 Å². The molecule has 0 aromatic heterocycles. The molecule has 3 heteroatoms. The van der Waals surface area contributed by atoms with Gasteiger partial charge in [0.05, 0.1) is 5.57 Å². The third kappa shape index (κ3) is 3.14. The van der Waals surface area contributed by atoms with Crippen molar-refractivity contribution in [3.05, 3.63) is 36.2 Å². The first-order valence-electron chi connectivity index (χ1n) is 3.53. The van der Waals surface area contributed by atoms with Crippen molar-refractivity contribution in [2.75, 3.05) is 7.05 Å². The van der Waals surface area contributed by atoms with Crippen molar-refractivity contribution < 1.29 is 9.18 Å². The van der Waals surface area contributed by atoms with Crippen molar-refractivity contribution >= 4 is 5.91 Å². The summed E-state index contributed by atoms with van der Waals surface area (Å²) in [6.45, 7) is 4.82. The fourth-order valence-corrected chi connectivity index (χ4v) is 0.616. The van der Waals surface area contributed by atoms with Crippen molar-refractivity contribution in [1.29, 1.82) is 0 Å². The highest BCUT2D eigenvalue weighted by Gasteiger charge is 2.08. The second-order valence-electron chi connectivity index (χ2n) is 2.09. The molecule has 2 nitrogen and oxygen atoms in total. The highest BCUT2D eigenvalue weighted by Crippen LogP contribution is 2.08. The van der Waals surface area contributed by atoms with E-state index in [0.717, 1.165) is 0 Å². The van der Waals surface area contributed by atoms with Gasteiger partial charge >= 0.3 is 0 Å². The van der Waals surface area contributed by atoms with Gasteiger partial charge in [0.1, 0.15) is 5.83 Å². The van der Waals surface area contributed by atoms with E-state index in [-0.39, 0.29) is 5.57 Å². The Kier molecular flexibility index (Phi) is 4.69. The molecule has 1 N–H and O–H groups in total. The van der Waals surface area contributed by atoms with Crippen LogP contribution >= 0.6 is 0 Å². The standard InChI is InChI=1S/C9H12FNO/c1-4-5-6-8(7(2)10)9(12)11-3/h4-6H,2H2,1,3H3,(H,11,12)/b5-4-,8-6+. The summed E-state index contributed by atoms with van der Waals surface area (Å²) in [5, 5.41) is 2.31. The molecule has 0 aromatic rings. The Morgan fingerprint density at radius 3 is 2.50 bits per heavy atom. The zero-order valence-corrected chi connectivity index (χ0v) is 7.23. The van der Waals surface area contributed by atoms with Crippen molar-refractivity contribution in [3.8, 4) is 0 Å². The maximum absolute atomic E-state index is 12.6. The van der Waals surface area contributed by atoms with E-state index >= 15 is 0 Å². The Morgan fingerprint density at radius 2 is 2.17 bits per heavy atom. The predicted octanol–water partition coefficient (Wildman–Crippen LogP) is 1.72. The summed E-state index contributed by atoms with van der Waals surface area (Å²) in [6, 6.07) is 0. The summed E-state index contributed by atoms with van der Waals surface area (Å²) in [5.41, 5.74) is -0.0457. The average Bonchev–Trinajstić information content (AvgIpc) is 2.04. The molecule has 0 spiro atoms. The number of nitrogens with one attached hydrogen (secondary N) is 1. The van der Waals surface area contributed by atoms with Gasteiger partial charge in [0, 0.05) is 7.05 Å². The van der Waals surface area contributed by atoms with Gasteiger partial charge in [0.15, 0.2) is 0 Å². The second kappa shape index (κ2) is 5.29. The average molecular weight is 169 g/mol. The molecule has 0 aliphatic carbocycles. The first-order valence-corrected chi connectivity index (χ1v) is 3.53. The van der Waals surface area contributed by atoms with Crippen LogP contribution in [0.25, 0.3) is 0 Å². The number of likely N-dealkylation sites (N-methyl/N-ethyl adjacent to an activating group) is 1. The summed E-state index contributed by atoms with van der Waals surface area (Å²) < 4.78 is 12.6. The third-order valence-electron chi connectivity index (χ3n) is 1.22. The van der Waals surface area contributed by atoms with Crippen LogP contribution in [0.1, 0.15) is 6.92 Å². The van der Waals surface area contributed by atoms with Crippen molar-refractivity contribution in [2.24, 2.45) is 0 Å². The normalized spacial score (nSPS) is 11.8. The fourth-order valence-electron chi connectivity index (χ4n) is 0.616. The van der Waals surface area contributed by atoms with Crippen LogP contribution in [-0.2, 0) is 4.79 Å². The van der Waals surface area contributed by atoms with Gasteiger partial charge in [-0.1, -0.05) is 18.7 Å². The van der Waals surface area contributed by atoms with Crippen LogP contribution in [-0.4, -0.2) is 13.0 Å². The highest BCUT2D eigenvalue weighted by molar-refractivity contribution is 5.97. The first-order chi connectivity index (χ1) is 5.63. The number of hydrogen-bond donors (Lipinski definition) is 1. The molecule has 0 saturated carbocycles. The maximum atomic E-state index is 12.6. The number of hydrogen-bond acceptors (Lipinski definition) is 1. The predicted molar refractivity (Wildman–Crippen MR) is 47.2 cm³/mol. The maximum Gasteiger partial charge on any atom is 0.253 e. The van der Waals surface area contributed by atoms with Crippen LogP contribution in [0.15, 0.2) is 36.2 Å². The number of rotatable bonds is 3. The molecule has 12 heavy (non-hydrogen) atoms. The summed E-state index contributed by atoms with van der Waals surface area (Å²) in [5.74, 6) is -1.20. The monoisotopic (exact) mass is 169 g/mol. The van der Waals surface area contributed by atoms with Crippen LogP contribution in [0.2, 0.25) is 0 Å². The Bertz CT molecular complexity index is 241. The van der Waals surface area contributed by atoms with E-state index in [1.54, 1.807) is 19.1 Å². The fraction of sp³-hybridized carbons (Fsp3) is 0.222. The van der Waals surface area contributed by atoms with Gasteiger partial charge in [-0.3, -0.25) is 4.79 Å². The highest BCUT2D eigenvalue weighted by atomic mass is 19.1. The molecule has 0 rings (SSSR count). The van der Waals surface area contributed by atoms with Gasteiger partial charge in [-0.15, -0.1) is 0 Å². The summed E-state index contributed by atoms with van der Waals surface area (Å²) in [6.07, 6.45) is 4.66. The molecule has 0 fully saturated rings. The van der Waals surface area contributed by atoms with Crippen LogP contribution < -0.4 is 5.32 Å². The summed E-state index contributed by atoms with van der Waals surface area (Å²) >= 11 is 0. The van der Waals surface area contributed by atoms with Crippen molar-refractivity contribution in [3.63, 3.8) is 0 Å². The lowest BCUT2D eigenvalue weighted by atomic mass is 10.2. The molecule has 1 amide bonds. The van der Waals surface area contributed by atoms with Gasteiger partial charge < -0.3 is 5.32 Å². The molecule has 0 saturated heterocycles. The van der Waals surface area contributed by atoms with E-state index in [4.69, 9.17) is 0 Å². The van der Waals surface area contributed by atoms with E-state index in [1.165, 1.54) is 13.1 Å².